The van der Waals surface area contributed by atoms with Crippen molar-refractivity contribution in [3.05, 3.63) is 35.9 Å². The van der Waals surface area contributed by atoms with Crippen LogP contribution in [0.25, 0.3) is 0 Å². The molecule has 3 fully saturated rings. The number of amides is 5. The first-order chi connectivity index (χ1) is 23.2. The third-order valence-electron chi connectivity index (χ3n) is 10.5. The van der Waals surface area contributed by atoms with E-state index in [9.17, 15) is 28.8 Å². The summed E-state index contributed by atoms with van der Waals surface area (Å²) in [6, 6.07) is 4.87. The van der Waals surface area contributed by atoms with Crippen LogP contribution in [-0.4, -0.2) is 78.2 Å². The van der Waals surface area contributed by atoms with E-state index in [4.69, 9.17) is 4.74 Å². The molecular weight excluding hydrogens is 626 g/mol. The highest BCUT2D eigenvalue weighted by Crippen LogP contribution is 2.34. The smallest absolute Gasteiger partial charge is 0.329 e. The number of hydrogen-bond acceptors (Lipinski definition) is 7. The fourth-order valence-electron chi connectivity index (χ4n) is 6.78. The third kappa shape index (κ3) is 9.82. The van der Waals surface area contributed by atoms with Gasteiger partial charge in [0.1, 0.15) is 24.7 Å². The lowest BCUT2D eigenvalue weighted by Crippen LogP contribution is -2.61. The van der Waals surface area contributed by atoms with Crippen molar-refractivity contribution in [1.82, 2.24) is 26.2 Å². The minimum absolute atomic E-state index is 0.0104. The van der Waals surface area contributed by atoms with Crippen LogP contribution in [-0.2, 0) is 35.3 Å². The number of carbonyl (C=O) groups is 6. The van der Waals surface area contributed by atoms with E-state index in [0.29, 0.717) is 19.4 Å². The average Bonchev–Trinajstić information content (AvgIpc) is 3.47. The second-order valence-corrected chi connectivity index (χ2v) is 15.5. The van der Waals surface area contributed by atoms with Crippen molar-refractivity contribution in [2.75, 3.05) is 13.6 Å². The first-order valence-corrected chi connectivity index (χ1v) is 17.8. The van der Waals surface area contributed by atoms with Crippen molar-refractivity contribution in [2.45, 2.75) is 117 Å². The summed E-state index contributed by atoms with van der Waals surface area (Å²) in [5.74, 6) is -2.55. The van der Waals surface area contributed by atoms with Crippen molar-refractivity contribution in [3.8, 4) is 0 Å². The van der Waals surface area contributed by atoms with E-state index in [-0.39, 0.29) is 30.3 Å². The van der Waals surface area contributed by atoms with Gasteiger partial charge in [0, 0.05) is 13.6 Å². The molecule has 5 atom stereocenters. The summed E-state index contributed by atoms with van der Waals surface area (Å²) in [5, 5.41) is 10.8. The molecule has 12 heteroatoms. The fourth-order valence-corrected chi connectivity index (χ4v) is 6.78. The molecule has 0 bridgehead atoms. The van der Waals surface area contributed by atoms with Gasteiger partial charge in [0.2, 0.25) is 17.6 Å². The number of ketones is 1. The number of nitrogens with zero attached hydrogens (tertiary/aromatic N) is 1. The van der Waals surface area contributed by atoms with E-state index in [0.717, 1.165) is 44.1 Å². The number of carbonyl (C=O) groups excluding carboxylic acids is 6. The quantitative estimate of drug-likeness (QED) is 0.173. The second-order valence-electron chi connectivity index (χ2n) is 15.5. The molecule has 4 N–H and O–H groups in total. The monoisotopic (exact) mass is 681 g/mol. The normalized spacial score (nSPS) is 21.4. The first-order valence-electron chi connectivity index (χ1n) is 17.8. The minimum Gasteiger partial charge on any atom is -0.459 e. The summed E-state index contributed by atoms with van der Waals surface area (Å²) >= 11 is 0. The average molecular weight is 682 g/mol. The summed E-state index contributed by atoms with van der Waals surface area (Å²) in [4.78, 5) is 81.8. The van der Waals surface area contributed by atoms with Crippen LogP contribution < -0.4 is 21.3 Å². The van der Waals surface area contributed by atoms with Crippen LogP contribution in [0.2, 0.25) is 0 Å². The van der Waals surface area contributed by atoms with Crippen molar-refractivity contribution >= 4 is 35.5 Å². The van der Waals surface area contributed by atoms with Crippen LogP contribution >= 0.6 is 0 Å². The van der Waals surface area contributed by atoms with E-state index in [2.05, 4.69) is 21.3 Å². The maximum atomic E-state index is 14.4. The molecule has 3 aliphatic rings. The zero-order chi connectivity index (χ0) is 35.9. The molecule has 1 heterocycles. The second kappa shape index (κ2) is 16.6. The summed E-state index contributed by atoms with van der Waals surface area (Å²) in [5.41, 5.74) is 0.0786. The standard InChI is InChI=1S/C37H55N5O7/c1-22(2)26-19-28(32(44)39-27(18-23-14-10-15-23)30(43)33(45)38-6)42(20-26)34(46)31(37(3,4)5)41-36(48)40-29(25-16-11-17-25)35(47)49-21-24-12-8-7-9-13-24/h7-9,12-13,22-23,25-29,31H,10-11,14-21H2,1-6H3,(H,38,45)(H,39,44)(H2,40,41,48)/t26-,27?,28+,29+,31-/m1/s1. The molecule has 1 saturated heterocycles. The molecule has 12 nitrogen and oxygen atoms in total. The van der Waals surface area contributed by atoms with E-state index < -0.39 is 65.1 Å². The predicted octanol–water partition coefficient (Wildman–Crippen LogP) is 3.48. The summed E-state index contributed by atoms with van der Waals surface area (Å²) in [6.07, 6.45) is 6.18. The maximum Gasteiger partial charge on any atom is 0.329 e. The molecule has 49 heavy (non-hydrogen) atoms. The zero-order valence-electron chi connectivity index (χ0n) is 29.9. The molecule has 5 amide bonds. The van der Waals surface area contributed by atoms with Crippen molar-refractivity contribution in [3.63, 3.8) is 0 Å². The van der Waals surface area contributed by atoms with E-state index in [1.807, 2.05) is 65.0 Å². The number of likely N-dealkylation sites (N-methyl/N-ethyl adjacent to an activating group) is 1. The van der Waals surface area contributed by atoms with Gasteiger partial charge in [0.05, 0.1) is 6.04 Å². The summed E-state index contributed by atoms with van der Waals surface area (Å²) < 4.78 is 5.58. The molecule has 0 radical (unpaired) electrons. The van der Waals surface area contributed by atoms with Gasteiger partial charge in [-0.2, -0.15) is 0 Å². The number of rotatable bonds is 14. The number of ether oxygens (including phenoxy) is 1. The molecule has 1 aromatic rings. The van der Waals surface area contributed by atoms with Gasteiger partial charge in [0.25, 0.3) is 5.91 Å². The van der Waals surface area contributed by atoms with E-state index in [1.54, 1.807) is 0 Å². The summed E-state index contributed by atoms with van der Waals surface area (Å²) in [6.45, 7) is 9.94. The van der Waals surface area contributed by atoms with Gasteiger partial charge in [-0.05, 0) is 60.3 Å². The van der Waals surface area contributed by atoms with Crippen molar-refractivity contribution in [2.24, 2.45) is 29.1 Å². The Bertz CT molecular complexity index is 1350. The minimum atomic E-state index is -1.03. The molecule has 0 aromatic heterocycles. The predicted molar refractivity (Wildman–Crippen MR) is 184 cm³/mol. The maximum absolute atomic E-state index is 14.4. The van der Waals surface area contributed by atoms with Crippen molar-refractivity contribution < 1.29 is 33.5 Å². The fraction of sp³-hybridized carbons (Fsp3) is 0.676. The SMILES string of the molecule is CNC(=O)C(=O)C(CC1CCC1)NC(=O)[C@@H]1C[C@@H](C(C)C)CN1C(=O)[C@@H](NC(=O)N[C@H](C(=O)OCc1ccccc1)C1CCC1)C(C)(C)C. The largest absolute Gasteiger partial charge is 0.459 e. The highest BCUT2D eigenvalue weighted by molar-refractivity contribution is 6.38. The highest BCUT2D eigenvalue weighted by Gasteiger charge is 2.47. The number of benzene rings is 1. The molecule has 2 aliphatic carbocycles. The lowest BCUT2D eigenvalue weighted by atomic mass is 9.79. The number of Topliss-reactive ketones (excluding diaryl/α,β-unsaturated/α-hetero) is 1. The van der Waals surface area contributed by atoms with Crippen LogP contribution in [0.4, 0.5) is 4.79 Å². The van der Waals surface area contributed by atoms with Crippen molar-refractivity contribution in [1.29, 1.82) is 0 Å². The van der Waals surface area contributed by atoms with Gasteiger partial charge in [-0.1, -0.05) is 90.6 Å². The van der Waals surface area contributed by atoms with Crippen LogP contribution in [0, 0.1) is 29.1 Å². The number of urea groups is 1. The molecule has 4 rings (SSSR count). The molecule has 270 valence electrons. The Hall–Kier alpha value is -3.96. The highest BCUT2D eigenvalue weighted by atomic mass is 16.5. The number of likely N-dealkylation sites (tertiary alicyclic amines) is 1. The molecule has 0 spiro atoms. The van der Waals surface area contributed by atoms with Gasteiger partial charge >= 0.3 is 12.0 Å². The van der Waals surface area contributed by atoms with Crippen LogP contribution in [0.3, 0.4) is 0 Å². The molecular formula is C37H55N5O7. The third-order valence-corrected chi connectivity index (χ3v) is 10.5. The van der Waals surface area contributed by atoms with E-state index in [1.165, 1.54) is 11.9 Å². The van der Waals surface area contributed by atoms with E-state index >= 15 is 0 Å². The van der Waals surface area contributed by atoms with Gasteiger partial charge < -0.3 is 30.9 Å². The Morgan fingerprint density at radius 2 is 1.55 bits per heavy atom. The first kappa shape index (κ1) is 37.9. The Morgan fingerprint density at radius 3 is 2.08 bits per heavy atom. The molecule has 1 unspecified atom stereocenters. The Balaban J connectivity index is 1.49. The Labute approximate surface area is 290 Å². The number of hydrogen-bond donors (Lipinski definition) is 4. The van der Waals surface area contributed by atoms with Gasteiger partial charge in [-0.25, -0.2) is 9.59 Å². The molecule has 1 aliphatic heterocycles. The van der Waals surface area contributed by atoms with Crippen LogP contribution in [0.1, 0.15) is 91.5 Å². The molecule has 2 saturated carbocycles. The number of esters is 1. The summed E-state index contributed by atoms with van der Waals surface area (Å²) in [7, 11) is 1.38. The van der Waals surface area contributed by atoms with Gasteiger partial charge in [0.15, 0.2) is 0 Å². The van der Waals surface area contributed by atoms with Gasteiger partial charge in [-0.15, -0.1) is 0 Å². The van der Waals surface area contributed by atoms with Gasteiger partial charge in [-0.3, -0.25) is 19.2 Å². The topological polar surface area (TPSA) is 163 Å². The Morgan fingerprint density at radius 1 is 0.898 bits per heavy atom. The van der Waals surface area contributed by atoms with Crippen LogP contribution in [0.5, 0.6) is 0 Å². The van der Waals surface area contributed by atoms with Crippen LogP contribution in [0.15, 0.2) is 30.3 Å². The molecule has 1 aromatic carbocycles. The zero-order valence-corrected chi connectivity index (χ0v) is 29.9. The lowest BCUT2D eigenvalue weighted by Gasteiger charge is -2.37. The lowest BCUT2D eigenvalue weighted by molar-refractivity contribution is -0.149. The Kier molecular flexibility index (Phi) is 12.8. The number of nitrogens with one attached hydrogen (secondary N) is 4.